The second-order valence-corrected chi connectivity index (χ2v) is 15.9. The summed E-state index contributed by atoms with van der Waals surface area (Å²) < 4.78 is 27.6. The Kier molecular flexibility index (Phi) is 13.8. The van der Waals surface area contributed by atoms with Gasteiger partial charge in [-0.1, -0.05) is 91.1 Å². The maximum absolute atomic E-state index is 12.7. The fourth-order valence-electron chi connectivity index (χ4n) is 7.74. The summed E-state index contributed by atoms with van der Waals surface area (Å²) in [6.07, 6.45) is 5.40. The minimum absolute atomic E-state index is 0.227. The zero-order valence-corrected chi connectivity index (χ0v) is 35.4. The molecule has 7 heteroatoms. The molecule has 0 radical (unpaired) electrons. The standard InChI is InChI=1S/C49H55BrO6/c1-7-14-53-45-33-12-11-13-34(45)22-38-27-43(49(51)52)28-40(47(38)55-16-9-3)26-42-30-44(50)29-41(48(42)56-17-10-4)25-39-24-36(35-19-31(5)18-32(6)20-35)23-37(21-33)46(39)54-15-8-2/h11-13,18-20,23-24,27-30H,7-10,14-17,21-22,25-26H2,1-6H3,(H,51,52). The fourth-order valence-corrected chi connectivity index (χ4v) is 8.29. The molecule has 0 saturated heterocycles. The second-order valence-electron chi connectivity index (χ2n) is 15.0. The first-order valence-electron chi connectivity index (χ1n) is 20.2. The zero-order valence-electron chi connectivity index (χ0n) is 33.8. The zero-order chi connectivity index (χ0) is 39.8. The van der Waals surface area contributed by atoms with E-state index in [-0.39, 0.29) is 5.56 Å². The van der Waals surface area contributed by atoms with Gasteiger partial charge in [0.05, 0.1) is 32.0 Å². The van der Waals surface area contributed by atoms with Gasteiger partial charge in [-0.15, -0.1) is 0 Å². The van der Waals surface area contributed by atoms with Gasteiger partial charge in [-0.2, -0.15) is 0 Å². The van der Waals surface area contributed by atoms with Crippen molar-refractivity contribution in [2.75, 3.05) is 26.4 Å². The molecule has 0 saturated carbocycles. The van der Waals surface area contributed by atoms with Crippen LogP contribution in [0.1, 0.15) is 119 Å². The van der Waals surface area contributed by atoms with Crippen molar-refractivity contribution < 1.29 is 28.8 Å². The van der Waals surface area contributed by atoms with Gasteiger partial charge in [0.2, 0.25) is 0 Å². The van der Waals surface area contributed by atoms with Crippen molar-refractivity contribution in [1.29, 1.82) is 0 Å². The minimum atomic E-state index is -0.977. The van der Waals surface area contributed by atoms with Gasteiger partial charge >= 0.3 is 5.97 Å². The molecule has 0 heterocycles. The van der Waals surface area contributed by atoms with E-state index in [1.807, 2.05) is 0 Å². The van der Waals surface area contributed by atoms with Crippen molar-refractivity contribution in [2.45, 2.75) is 92.9 Å². The number of aromatic carboxylic acids is 1. The summed E-state index contributed by atoms with van der Waals surface area (Å²) in [5.74, 6) is 2.28. The van der Waals surface area contributed by atoms with Crippen LogP contribution in [0.3, 0.4) is 0 Å². The lowest BCUT2D eigenvalue weighted by Crippen LogP contribution is -2.11. The van der Waals surface area contributed by atoms with E-state index in [1.165, 1.54) is 16.7 Å². The highest BCUT2D eigenvalue weighted by Gasteiger charge is 2.24. The SMILES string of the molecule is CCCOc1c2cccc1Cc1cc(-c3cc(C)cc(C)c3)cc(c1OCCC)Cc1cc(Br)cc(c1OCCC)Cc1cc(C(=O)O)cc(c1OCCC)C2. The minimum Gasteiger partial charge on any atom is -0.493 e. The Balaban J connectivity index is 1.70. The van der Waals surface area contributed by atoms with Crippen LogP contribution in [-0.4, -0.2) is 37.5 Å². The van der Waals surface area contributed by atoms with E-state index in [0.29, 0.717) is 52.1 Å². The van der Waals surface area contributed by atoms with E-state index in [9.17, 15) is 9.90 Å². The molecule has 0 atom stereocenters. The van der Waals surface area contributed by atoms with Crippen LogP contribution in [0.2, 0.25) is 0 Å². The van der Waals surface area contributed by atoms with Gasteiger partial charge in [0.15, 0.2) is 0 Å². The molecular weight excluding hydrogens is 764 g/mol. The summed E-state index contributed by atoms with van der Waals surface area (Å²) in [4.78, 5) is 12.7. The number of ether oxygens (including phenoxy) is 4. The van der Waals surface area contributed by atoms with E-state index in [0.717, 1.165) is 103 Å². The predicted molar refractivity (Wildman–Crippen MR) is 230 cm³/mol. The van der Waals surface area contributed by atoms with Gasteiger partial charge in [-0.3, -0.25) is 0 Å². The number of carboxylic acids is 1. The van der Waals surface area contributed by atoms with Crippen LogP contribution in [0.25, 0.3) is 11.1 Å². The number of aryl methyl sites for hydroxylation is 2. The van der Waals surface area contributed by atoms with Crippen molar-refractivity contribution in [3.8, 4) is 34.1 Å². The molecule has 0 aromatic heterocycles. The molecule has 0 spiro atoms. The summed E-state index contributed by atoms with van der Waals surface area (Å²) in [5.41, 5.74) is 12.8. The lowest BCUT2D eigenvalue weighted by molar-refractivity contribution is 0.0696. The van der Waals surface area contributed by atoms with Crippen LogP contribution in [0.5, 0.6) is 23.0 Å². The first-order chi connectivity index (χ1) is 27.1. The van der Waals surface area contributed by atoms with Crippen LogP contribution < -0.4 is 18.9 Å². The highest BCUT2D eigenvalue weighted by molar-refractivity contribution is 9.10. The summed E-state index contributed by atoms with van der Waals surface area (Å²) in [6.45, 7) is 14.9. The Bertz CT molecular complexity index is 2170. The van der Waals surface area contributed by atoms with Crippen LogP contribution in [0.4, 0.5) is 0 Å². The molecule has 294 valence electrons. The van der Waals surface area contributed by atoms with Crippen molar-refractivity contribution in [1.82, 2.24) is 0 Å². The number of fused-ring (bicyclic) bond motifs is 8. The number of carboxylic acid groups (broad SMARTS) is 1. The highest BCUT2D eigenvalue weighted by Crippen LogP contribution is 2.42. The lowest BCUT2D eigenvalue weighted by Gasteiger charge is -2.24. The van der Waals surface area contributed by atoms with Crippen molar-refractivity contribution >= 4 is 21.9 Å². The Morgan fingerprint density at radius 2 is 0.857 bits per heavy atom. The van der Waals surface area contributed by atoms with Crippen LogP contribution >= 0.6 is 15.9 Å². The van der Waals surface area contributed by atoms with Crippen LogP contribution in [-0.2, 0) is 25.7 Å². The summed E-state index contributed by atoms with van der Waals surface area (Å²) in [7, 11) is 0. The Morgan fingerprint density at radius 3 is 1.25 bits per heavy atom. The molecule has 6 rings (SSSR count). The molecule has 0 aliphatic heterocycles. The van der Waals surface area contributed by atoms with Crippen molar-refractivity contribution in [2.24, 2.45) is 0 Å². The van der Waals surface area contributed by atoms with E-state index in [2.05, 4.69) is 118 Å². The molecule has 1 N–H and O–H groups in total. The molecule has 56 heavy (non-hydrogen) atoms. The number of rotatable bonds is 14. The van der Waals surface area contributed by atoms with E-state index in [4.69, 9.17) is 18.9 Å². The Morgan fingerprint density at radius 1 is 0.518 bits per heavy atom. The number of hydrogen-bond donors (Lipinski definition) is 1. The number of carbonyl (C=O) groups is 1. The topological polar surface area (TPSA) is 74.2 Å². The van der Waals surface area contributed by atoms with Gasteiger partial charge in [-0.25, -0.2) is 4.79 Å². The third-order valence-corrected chi connectivity index (χ3v) is 10.5. The molecule has 1 aliphatic rings. The van der Waals surface area contributed by atoms with E-state index in [1.54, 1.807) is 12.1 Å². The average Bonchev–Trinajstić information content (AvgIpc) is 3.15. The normalized spacial score (nSPS) is 12.3. The summed E-state index contributed by atoms with van der Waals surface area (Å²) in [5, 5.41) is 10.4. The third-order valence-electron chi connectivity index (χ3n) is 10.00. The lowest BCUT2D eigenvalue weighted by atomic mass is 9.88. The average molecular weight is 820 g/mol. The second kappa shape index (κ2) is 18.9. The number of para-hydroxylation sites is 1. The largest absolute Gasteiger partial charge is 0.493 e. The first kappa shape index (κ1) is 40.9. The fraction of sp³-hybridized carbons (Fsp3) is 0.367. The van der Waals surface area contributed by atoms with E-state index >= 15 is 0 Å². The number of halogens is 1. The molecule has 5 aromatic rings. The van der Waals surface area contributed by atoms with Gasteiger partial charge in [0.1, 0.15) is 23.0 Å². The van der Waals surface area contributed by atoms with Crippen molar-refractivity contribution in [3.63, 3.8) is 0 Å². The van der Waals surface area contributed by atoms with Crippen LogP contribution in [0.15, 0.2) is 77.3 Å². The molecule has 0 unspecified atom stereocenters. The van der Waals surface area contributed by atoms with E-state index < -0.39 is 5.97 Å². The third kappa shape index (κ3) is 9.61. The van der Waals surface area contributed by atoms with Gasteiger partial charge in [-0.05, 0) is 120 Å². The number of hydrogen-bond acceptors (Lipinski definition) is 5. The summed E-state index contributed by atoms with van der Waals surface area (Å²) in [6, 6.07) is 25.4. The van der Waals surface area contributed by atoms with Crippen LogP contribution in [0, 0.1) is 13.8 Å². The molecular formula is C49H55BrO6. The Labute approximate surface area is 341 Å². The first-order valence-corrected chi connectivity index (χ1v) is 21.0. The maximum atomic E-state index is 12.7. The molecule has 5 aromatic carbocycles. The predicted octanol–water partition coefficient (Wildman–Crippen LogP) is 12.3. The van der Waals surface area contributed by atoms with Gasteiger partial charge < -0.3 is 24.1 Å². The highest BCUT2D eigenvalue weighted by atomic mass is 79.9. The molecule has 6 nitrogen and oxygen atoms in total. The molecule has 1 aliphatic carbocycles. The quantitative estimate of drug-likeness (QED) is 0.118. The van der Waals surface area contributed by atoms with Gasteiger partial charge in [0, 0.05) is 41.3 Å². The smallest absolute Gasteiger partial charge is 0.335 e. The number of benzene rings is 5. The monoisotopic (exact) mass is 818 g/mol. The molecule has 8 bridgehead atoms. The molecule has 0 amide bonds. The summed E-state index contributed by atoms with van der Waals surface area (Å²) >= 11 is 3.86. The maximum Gasteiger partial charge on any atom is 0.335 e. The van der Waals surface area contributed by atoms with Gasteiger partial charge in [0.25, 0.3) is 0 Å². The van der Waals surface area contributed by atoms with Crippen molar-refractivity contribution in [3.05, 3.63) is 138 Å². The Hall–Kier alpha value is -4.75. The molecule has 0 fully saturated rings.